The lowest BCUT2D eigenvalue weighted by molar-refractivity contribution is -0.135. The highest BCUT2D eigenvalue weighted by Gasteiger charge is 2.28. The minimum absolute atomic E-state index is 0.102. The van der Waals surface area contributed by atoms with Gasteiger partial charge in [-0.2, -0.15) is 0 Å². The number of benzene rings is 1. The molecule has 3 heterocycles. The number of hydrogen-bond acceptors (Lipinski definition) is 5. The van der Waals surface area contributed by atoms with Gasteiger partial charge in [-0.15, -0.1) is 11.3 Å². The van der Waals surface area contributed by atoms with Crippen molar-refractivity contribution in [3.8, 4) is 0 Å². The predicted octanol–water partition coefficient (Wildman–Crippen LogP) is 3.11. The van der Waals surface area contributed by atoms with Crippen molar-refractivity contribution in [2.45, 2.75) is 32.8 Å². The van der Waals surface area contributed by atoms with E-state index in [4.69, 9.17) is 4.74 Å². The largest absolute Gasteiger partial charge is 0.373 e. The number of carbonyl (C=O) groups excluding carboxylic acids is 1. The number of hydrogen-bond donors (Lipinski definition) is 0. The Bertz CT molecular complexity index is 777. The SMILES string of the molecule is Cc1nc(N2CCN(C(=O)CC3OCCc4ccccc43)CC2)sc1C. The molecule has 1 atom stereocenters. The van der Waals surface area contributed by atoms with Gasteiger partial charge in [-0.25, -0.2) is 4.98 Å². The normalized spacial score (nSPS) is 20.2. The van der Waals surface area contributed by atoms with Crippen molar-refractivity contribution in [3.63, 3.8) is 0 Å². The second-order valence-electron chi connectivity index (χ2n) is 7.02. The molecular formula is C20H25N3O2S. The van der Waals surface area contributed by atoms with Gasteiger partial charge in [0.2, 0.25) is 5.91 Å². The Morgan fingerprint density at radius 3 is 2.73 bits per heavy atom. The molecule has 2 aliphatic heterocycles. The highest BCUT2D eigenvalue weighted by Crippen LogP contribution is 2.30. The number of ether oxygens (including phenoxy) is 1. The molecule has 26 heavy (non-hydrogen) atoms. The van der Waals surface area contributed by atoms with E-state index in [9.17, 15) is 4.79 Å². The van der Waals surface area contributed by atoms with Crippen LogP contribution >= 0.6 is 11.3 Å². The number of rotatable bonds is 3. The van der Waals surface area contributed by atoms with E-state index in [1.54, 1.807) is 11.3 Å². The Hall–Kier alpha value is -1.92. The first-order valence-electron chi connectivity index (χ1n) is 9.28. The summed E-state index contributed by atoms with van der Waals surface area (Å²) in [4.78, 5) is 23.0. The van der Waals surface area contributed by atoms with Gasteiger partial charge in [0.25, 0.3) is 0 Å². The summed E-state index contributed by atoms with van der Waals surface area (Å²) in [6, 6.07) is 8.33. The van der Waals surface area contributed by atoms with E-state index in [1.165, 1.54) is 16.0 Å². The zero-order chi connectivity index (χ0) is 18.1. The van der Waals surface area contributed by atoms with Crippen LogP contribution in [-0.2, 0) is 16.0 Å². The summed E-state index contributed by atoms with van der Waals surface area (Å²) < 4.78 is 5.91. The van der Waals surface area contributed by atoms with Crippen LogP contribution in [0.5, 0.6) is 0 Å². The molecule has 2 aromatic rings. The van der Waals surface area contributed by atoms with E-state index >= 15 is 0 Å². The second kappa shape index (κ2) is 7.37. The summed E-state index contributed by atoms with van der Waals surface area (Å²) >= 11 is 1.74. The fourth-order valence-electron chi connectivity index (χ4n) is 3.67. The molecule has 6 heteroatoms. The number of aryl methyl sites for hydroxylation is 2. The van der Waals surface area contributed by atoms with E-state index in [2.05, 4.69) is 41.9 Å². The quantitative estimate of drug-likeness (QED) is 0.832. The molecule has 1 amide bonds. The van der Waals surface area contributed by atoms with Crippen molar-refractivity contribution in [2.24, 2.45) is 0 Å². The Labute approximate surface area is 158 Å². The van der Waals surface area contributed by atoms with Gasteiger partial charge in [0, 0.05) is 31.1 Å². The number of anilines is 1. The maximum absolute atomic E-state index is 12.8. The van der Waals surface area contributed by atoms with Gasteiger partial charge in [-0.05, 0) is 31.4 Å². The fraction of sp³-hybridized carbons (Fsp3) is 0.500. The number of fused-ring (bicyclic) bond motifs is 1. The zero-order valence-electron chi connectivity index (χ0n) is 15.4. The third-order valence-corrected chi connectivity index (χ3v) is 6.51. The molecule has 0 radical (unpaired) electrons. The Morgan fingerprint density at radius 1 is 1.23 bits per heavy atom. The number of piperazine rings is 1. The molecule has 1 fully saturated rings. The summed E-state index contributed by atoms with van der Waals surface area (Å²) in [5.74, 6) is 0.192. The molecule has 4 rings (SSSR count). The zero-order valence-corrected chi connectivity index (χ0v) is 16.2. The Balaban J connectivity index is 1.36. The van der Waals surface area contributed by atoms with Crippen molar-refractivity contribution in [1.29, 1.82) is 0 Å². The van der Waals surface area contributed by atoms with Gasteiger partial charge in [0.15, 0.2) is 5.13 Å². The predicted molar refractivity (Wildman–Crippen MR) is 104 cm³/mol. The first kappa shape index (κ1) is 17.5. The summed E-state index contributed by atoms with van der Waals surface area (Å²) in [5, 5.41) is 1.08. The maximum atomic E-state index is 12.8. The molecular weight excluding hydrogens is 346 g/mol. The van der Waals surface area contributed by atoms with Crippen LogP contribution in [0.25, 0.3) is 0 Å². The number of amides is 1. The van der Waals surface area contributed by atoms with Gasteiger partial charge in [0.05, 0.1) is 24.8 Å². The van der Waals surface area contributed by atoms with Crippen LogP contribution in [0.15, 0.2) is 24.3 Å². The minimum Gasteiger partial charge on any atom is -0.373 e. The highest BCUT2D eigenvalue weighted by atomic mass is 32.1. The van der Waals surface area contributed by atoms with Crippen LogP contribution in [-0.4, -0.2) is 48.6 Å². The summed E-state index contributed by atoms with van der Waals surface area (Å²) in [6.45, 7) is 8.07. The molecule has 0 spiro atoms. The monoisotopic (exact) mass is 371 g/mol. The lowest BCUT2D eigenvalue weighted by Crippen LogP contribution is -2.49. The fourth-order valence-corrected chi connectivity index (χ4v) is 4.63. The number of nitrogens with zero attached hydrogens (tertiary/aromatic N) is 3. The molecule has 1 aromatic heterocycles. The van der Waals surface area contributed by atoms with E-state index in [1.807, 2.05) is 11.0 Å². The maximum Gasteiger partial charge on any atom is 0.225 e. The van der Waals surface area contributed by atoms with Crippen LogP contribution in [0.2, 0.25) is 0 Å². The number of thiazole rings is 1. The average molecular weight is 372 g/mol. The second-order valence-corrected chi connectivity index (χ2v) is 8.20. The molecule has 0 saturated carbocycles. The smallest absolute Gasteiger partial charge is 0.225 e. The Morgan fingerprint density at radius 2 is 2.00 bits per heavy atom. The van der Waals surface area contributed by atoms with Crippen molar-refractivity contribution >= 4 is 22.4 Å². The van der Waals surface area contributed by atoms with Crippen molar-refractivity contribution in [1.82, 2.24) is 9.88 Å². The lowest BCUT2D eigenvalue weighted by Gasteiger charge is -2.35. The van der Waals surface area contributed by atoms with Crippen molar-refractivity contribution in [3.05, 3.63) is 46.0 Å². The van der Waals surface area contributed by atoms with Crippen LogP contribution < -0.4 is 4.90 Å². The van der Waals surface area contributed by atoms with Crippen molar-refractivity contribution < 1.29 is 9.53 Å². The molecule has 1 saturated heterocycles. The highest BCUT2D eigenvalue weighted by molar-refractivity contribution is 7.15. The molecule has 1 aromatic carbocycles. The third kappa shape index (κ3) is 3.48. The summed E-state index contributed by atoms with van der Waals surface area (Å²) in [5.41, 5.74) is 3.60. The average Bonchev–Trinajstić information content (AvgIpc) is 3.01. The van der Waals surface area contributed by atoms with Crippen LogP contribution in [0.1, 0.15) is 34.2 Å². The molecule has 2 aliphatic rings. The van der Waals surface area contributed by atoms with E-state index in [0.717, 1.165) is 43.4 Å². The molecule has 0 bridgehead atoms. The Kier molecular flexibility index (Phi) is 4.96. The molecule has 138 valence electrons. The minimum atomic E-state index is -0.102. The van der Waals surface area contributed by atoms with Crippen molar-refractivity contribution in [2.75, 3.05) is 37.7 Å². The van der Waals surface area contributed by atoms with Crippen LogP contribution in [0.4, 0.5) is 5.13 Å². The van der Waals surface area contributed by atoms with E-state index in [0.29, 0.717) is 13.0 Å². The third-order valence-electron chi connectivity index (χ3n) is 5.37. The summed E-state index contributed by atoms with van der Waals surface area (Å²) in [7, 11) is 0. The first-order chi connectivity index (χ1) is 12.6. The molecule has 0 aliphatic carbocycles. The molecule has 1 unspecified atom stereocenters. The van der Waals surface area contributed by atoms with Gasteiger partial charge in [-0.3, -0.25) is 4.79 Å². The topological polar surface area (TPSA) is 45.7 Å². The molecule has 5 nitrogen and oxygen atoms in total. The molecule has 0 N–H and O–H groups in total. The van der Waals surface area contributed by atoms with E-state index in [-0.39, 0.29) is 12.0 Å². The van der Waals surface area contributed by atoms with Crippen LogP contribution in [0.3, 0.4) is 0 Å². The van der Waals surface area contributed by atoms with E-state index < -0.39 is 0 Å². The van der Waals surface area contributed by atoms with Gasteiger partial charge >= 0.3 is 0 Å². The number of carbonyl (C=O) groups is 1. The standard InChI is InChI=1S/C20H25N3O2S/c1-14-15(2)26-20(21-14)23-10-8-22(9-11-23)19(24)13-18-17-6-4-3-5-16(17)7-12-25-18/h3-6,18H,7-13H2,1-2H3. The van der Waals surface area contributed by atoms with Crippen LogP contribution in [0, 0.1) is 13.8 Å². The number of aromatic nitrogens is 1. The summed E-state index contributed by atoms with van der Waals surface area (Å²) in [6.07, 6.45) is 1.27. The lowest BCUT2D eigenvalue weighted by atomic mass is 9.95. The first-order valence-corrected chi connectivity index (χ1v) is 10.1. The van der Waals surface area contributed by atoms with Gasteiger partial charge in [-0.1, -0.05) is 24.3 Å². The van der Waals surface area contributed by atoms with Gasteiger partial charge in [0.1, 0.15) is 0 Å². The van der Waals surface area contributed by atoms with Gasteiger partial charge < -0.3 is 14.5 Å².